The fraction of sp³-hybridized carbons (Fsp3) is 1.00. The predicted octanol–water partition coefficient (Wildman–Crippen LogP) is 2.75. The number of alkyl halides is 1. The molecule has 0 heterocycles. The Kier molecular flexibility index (Phi) is 6.25. The first-order valence-corrected chi connectivity index (χ1v) is 5.50. The molecular weight excluding hydrogens is 202 g/mol. The fourth-order valence-electron chi connectivity index (χ4n) is 1.03. The van der Waals surface area contributed by atoms with Crippen LogP contribution in [0.3, 0.4) is 0 Å². The molecule has 68 valence electrons. The average molecular weight is 222 g/mol. The van der Waals surface area contributed by atoms with E-state index in [1.165, 1.54) is 13.0 Å². The lowest BCUT2D eigenvalue weighted by Gasteiger charge is -2.25. The van der Waals surface area contributed by atoms with E-state index in [0.29, 0.717) is 0 Å². The van der Waals surface area contributed by atoms with Crippen LogP contribution in [0.2, 0.25) is 0 Å². The van der Waals surface area contributed by atoms with E-state index in [0.717, 1.165) is 17.3 Å². The zero-order valence-electron chi connectivity index (χ0n) is 8.10. The lowest BCUT2D eigenvalue weighted by molar-refractivity contribution is 0.227. The molecule has 0 rings (SSSR count). The Morgan fingerprint density at radius 3 is 2.27 bits per heavy atom. The quantitative estimate of drug-likeness (QED) is 0.646. The summed E-state index contributed by atoms with van der Waals surface area (Å²) in [5.41, 5.74) is 0. The molecule has 11 heavy (non-hydrogen) atoms. The van der Waals surface area contributed by atoms with Gasteiger partial charge in [-0.05, 0) is 26.3 Å². The van der Waals surface area contributed by atoms with Gasteiger partial charge in [-0.25, -0.2) is 0 Å². The summed E-state index contributed by atoms with van der Waals surface area (Å²) >= 11 is 3.49. The van der Waals surface area contributed by atoms with Gasteiger partial charge in [0, 0.05) is 17.9 Å². The normalized spacial score (nSPS) is 16.9. The molecule has 0 radical (unpaired) electrons. The molecule has 2 unspecified atom stereocenters. The lowest BCUT2D eigenvalue weighted by Crippen LogP contribution is -2.32. The number of hydrogen-bond donors (Lipinski definition) is 0. The maximum Gasteiger partial charge on any atom is 0.00692 e. The van der Waals surface area contributed by atoms with Crippen LogP contribution < -0.4 is 0 Å². The highest BCUT2D eigenvalue weighted by Crippen LogP contribution is 2.06. The van der Waals surface area contributed by atoms with Gasteiger partial charge in [0.15, 0.2) is 0 Å². The van der Waals surface area contributed by atoms with Gasteiger partial charge in [0.1, 0.15) is 0 Å². The summed E-state index contributed by atoms with van der Waals surface area (Å²) in [4.78, 5) is 2.42. The Balaban J connectivity index is 3.58. The Morgan fingerprint density at radius 1 is 1.36 bits per heavy atom. The van der Waals surface area contributed by atoms with E-state index in [4.69, 9.17) is 0 Å². The minimum Gasteiger partial charge on any atom is -0.303 e. The number of hydrogen-bond acceptors (Lipinski definition) is 1. The SMILES string of the molecule is CCC(C)N(C)CC(C)CBr. The maximum absolute atomic E-state index is 3.49. The van der Waals surface area contributed by atoms with Crippen LogP contribution in [0.4, 0.5) is 0 Å². The van der Waals surface area contributed by atoms with Gasteiger partial charge in [0.25, 0.3) is 0 Å². The highest BCUT2D eigenvalue weighted by Gasteiger charge is 2.09. The van der Waals surface area contributed by atoms with E-state index in [2.05, 4.69) is 48.6 Å². The lowest BCUT2D eigenvalue weighted by atomic mass is 10.1. The van der Waals surface area contributed by atoms with Crippen LogP contribution in [0, 0.1) is 5.92 Å². The van der Waals surface area contributed by atoms with Crippen LogP contribution in [0.1, 0.15) is 27.2 Å². The maximum atomic E-state index is 3.49. The van der Waals surface area contributed by atoms with Gasteiger partial charge < -0.3 is 4.90 Å². The molecule has 2 atom stereocenters. The van der Waals surface area contributed by atoms with Gasteiger partial charge in [-0.15, -0.1) is 0 Å². The van der Waals surface area contributed by atoms with E-state index in [1.807, 2.05) is 0 Å². The summed E-state index contributed by atoms with van der Waals surface area (Å²) < 4.78 is 0. The fourth-order valence-corrected chi connectivity index (χ4v) is 1.24. The third kappa shape index (κ3) is 4.81. The summed E-state index contributed by atoms with van der Waals surface area (Å²) in [6, 6.07) is 0.719. The minimum atomic E-state index is 0.719. The molecule has 0 saturated carbocycles. The molecule has 0 aliphatic heterocycles. The first-order valence-electron chi connectivity index (χ1n) is 4.38. The van der Waals surface area contributed by atoms with Crippen LogP contribution >= 0.6 is 15.9 Å². The second kappa shape index (κ2) is 6.01. The van der Waals surface area contributed by atoms with E-state index in [-0.39, 0.29) is 0 Å². The van der Waals surface area contributed by atoms with Gasteiger partial charge >= 0.3 is 0 Å². The van der Waals surface area contributed by atoms with Crippen molar-refractivity contribution in [3.05, 3.63) is 0 Å². The van der Waals surface area contributed by atoms with Crippen molar-refractivity contribution in [1.29, 1.82) is 0 Å². The van der Waals surface area contributed by atoms with Crippen LogP contribution in [0.25, 0.3) is 0 Å². The zero-order chi connectivity index (χ0) is 8.85. The van der Waals surface area contributed by atoms with Gasteiger partial charge in [-0.2, -0.15) is 0 Å². The molecule has 0 amide bonds. The van der Waals surface area contributed by atoms with Crippen molar-refractivity contribution >= 4 is 15.9 Å². The minimum absolute atomic E-state index is 0.719. The van der Waals surface area contributed by atoms with E-state index < -0.39 is 0 Å². The van der Waals surface area contributed by atoms with Crippen LogP contribution in [-0.4, -0.2) is 29.9 Å². The third-order valence-corrected chi connectivity index (χ3v) is 3.31. The van der Waals surface area contributed by atoms with Gasteiger partial charge in [0.2, 0.25) is 0 Å². The molecule has 0 aliphatic carbocycles. The van der Waals surface area contributed by atoms with Crippen molar-refractivity contribution in [2.75, 3.05) is 18.9 Å². The molecule has 0 aromatic heterocycles. The van der Waals surface area contributed by atoms with Crippen molar-refractivity contribution in [2.24, 2.45) is 5.92 Å². The highest BCUT2D eigenvalue weighted by atomic mass is 79.9. The van der Waals surface area contributed by atoms with Crippen LogP contribution in [-0.2, 0) is 0 Å². The van der Waals surface area contributed by atoms with E-state index in [9.17, 15) is 0 Å². The first kappa shape index (κ1) is 11.4. The molecule has 1 nitrogen and oxygen atoms in total. The molecular formula is C9H20BrN. The topological polar surface area (TPSA) is 3.24 Å². The summed E-state index contributed by atoms with van der Waals surface area (Å²) in [5, 5.41) is 1.10. The van der Waals surface area contributed by atoms with Gasteiger partial charge in [0.05, 0.1) is 0 Å². The second-order valence-electron chi connectivity index (χ2n) is 3.46. The Hall–Kier alpha value is 0.440. The third-order valence-electron chi connectivity index (χ3n) is 2.21. The highest BCUT2D eigenvalue weighted by molar-refractivity contribution is 9.09. The molecule has 0 N–H and O–H groups in total. The van der Waals surface area contributed by atoms with Gasteiger partial charge in [-0.3, -0.25) is 0 Å². The molecule has 0 fully saturated rings. The molecule has 0 aromatic carbocycles. The molecule has 0 aromatic rings. The smallest absolute Gasteiger partial charge is 0.00692 e. The van der Waals surface area contributed by atoms with E-state index in [1.54, 1.807) is 0 Å². The van der Waals surface area contributed by atoms with Crippen molar-refractivity contribution in [2.45, 2.75) is 33.2 Å². The summed E-state index contributed by atoms with van der Waals surface area (Å²) in [6.45, 7) is 7.98. The molecule has 0 aliphatic rings. The number of rotatable bonds is 5. The van der Waals surface area contributed by atoms with Crippen molar-refractivity contribution in [1.82, 2.24) is 4.90 Å². The first-order chi connectivity index (χ1) is 5.11. The molecule has 0 spiro atoms. The predicted molar refractivity (Wildman–Crippen MR) is 55.3 cm³/mol. The van der Waals surface area contributed by atoms with Crippen molar-refractivity contribution in [3.8, 4) is 0 Å². The molecule has 2 heteroatoms. The van der Waals surface area contributed by atoms with Crippen LogP contribution in [0.15, 0.2) is 0 Å². The van der Waals surface area contributed by atoms with Crippen molar-refractivity contribution in [3.63, 3.8) is 0 Å². The Bertz CT molecular complexity index is 95.6. The Labute approximate surface area is 79.3 Å². The second-order valence-corrected chi connectivity index (χ2v) is 4.10. The summed E-state index contributed by atoms with van der Waals surface area (Å²) in [6.07, 6.45) is 1.24. The summed E-state index contributed by atoms with van der Waals surface area (Å²) in [7, 11) is 2.20. The average Bonchev–Trinajstić information content (AvgIpc) is 2.02. The van der Waals surface area contributed by atoms with Crippen LogP contribution in [0.5, 0.6) is 0 Å². The largest absolute Gasteiger partial charge is 0.303 e. The van der Waals surface area contributed by atoms with E-state index >= 15 is 0 Å². The standard InChI is InChI=1S/C9H20BrN/c1-5-9(3)11(4)7-8(2)6-10/h8-9H,5-7H2,1-4H3. The number of nitrogens with zero attached hydrogens (tertiary/aromatic N) is 1. The monoisotopic (exact) mass is 221 g/mol. The molecule has 0 saturated heterocycles. The van der Waals surface area contributed by atoms with Gasteiger partial charge in [-0.1, -0.05) is 29.8 Å². The summed E-state index contributed by atoms with van der Waals surface area (Å²) in [5.74, 6) is 0.758. The molecule has 0 bridgehead atoms. The zero-order valence-corrected chi connectivity index (χ0v) is 9.69. The van der Waals surface area contributed by atoms with Crippen molar-refractivity contribution < 1.29 is 0 Å². The Morgan fingerprint density at radius 2 is 1.91 bits per heavy atom. The number of halogens is 1.